The highest BCUT2D eigenvalue weighted by Gasteiger charge is 2.25. The van der Waals surface area contributed by atoms with Crippen molar-refractivity contribution >= 4 is 11.6 Å². The minimum Gasteiger partial charge on any atom is -0.475 e. The lowest BCUT2D eigenvalue weighted by atomic mass is 10.3. The summed E-state index contributed by atoms with van der Waals surface area (Å²) in [5, 5.41) is 0.530. The Bertz CT molecular complexity index is 382. The molecule has 0 radical (unpaired) electrons. The fourth-order valence-electron chi connectivity index (χ4n) is 1.67. The predicted molar refractivity (Wildman–Crippen MR) is 68.3 cm³/mol. The summed E-state index contributed by atoms with van der Waals surface area (Å²) in [6, 6.07) is 2.55. The third-order valence-electron chi connectivity index (χ3n) is 2.95. The molecule has 1 aromatic rings. The zero-order valence-corrected chi connectivity index (χ0v) is 10.8. The SMILES string of the molecule is CN(CCOc1ncc(CN)cc1Cl)C1CC1. The molecule has 2 N–H and O–H groups in total. The summed E-state index contributed by atoms with van der Waals surface area (Å²) >= 11 is 6.04. The maximum atomic E-state index is 6.04. The standard InChI is InChI=1S/C12H18ClN3O/c1-16(10-2-3-10)4-5-17-12-11(13)6-9(7-14)8-15-12/h6,8,10H,2-5,7,14H2,1H3. The Morgan fingerprint density at radius 3 is 2.94 bits per heavy atom. The van der Waals surface area contributed by atoms with Crippen LogP contribution in [0.25, 0.3) is 0 Å². The fourth-order valence-corrected chi connectivity index (χ4v) is 1.91. The van der Waals surface area contributed by atoms with Gasteiger partial charge in [0.15, 0.2) is 0 Å². The molecule has 94 valence electrons. The molecule has 0 amide bonds. The molecule has 1 aliphatic carbocycles. The van der Waals surface area contributed by atoms with Crippen molar-refractivity contribution in [2.45, 2.75) is 25.4 Å². The molecule has 0 atom stereocenters. The summed E-state index contributed by atoms with van der Waals surface area (Å²) in [4.78, 5) is 6.46. The first-order chi connectivity index (χ1) is 8.20. The second kappa shape index (κ2) is 5.67. The second-order valence-corrected chi connectivity index (χ2v) is 4.80. The lowest BCUT2D eigenvalue weighted by Gasteiger charge is -2.15. The topological polar surface area (TPSA) is 51.4 Å². The summed E-state index contributed by atoms with van der Waals surface area (Å²) in [7, 11) is 2.12. The van der Waals surface area contributed by atoms with Crippen molar-refractivity contribution in [1.29, 1.82) is 0 Å². The molecule has 0 spiro atoms. The van der Waals surface area contributed by atoms with Gasteiger partial charge < -0.3 is 15.4 Å². The Morgan fingerprint density at radius 2 is 2.35 bits per heavy atom. The van der Waals surface area contributed by atoms with E-state index in [4.69, 9.17) is 22.1 Å². The van der Waals surface area contributed by atoms with Crippen LogP contribution in [0.3, 0.4) is 0 Å². The number of hydrogen-bond acceptors (Lipinski definition) is 4. The van der Waals surface area contributed by atoms with Crippen LogP contribution in [0.2, 0.25) is 5.02 Å². The summed E-state index contributed by atoms with van der Waals surface area (Å²) in [6.45, 7) is 1.96. The average molecular weight is 256 g/mol. The molecule has 1 heterocycles. The first-order valence-electron chi connectivity index (χ1n) is 5.88. The van der Waals surface area contributed by atoms with Gasteiger partial charge in [0, 0.05) is 25.3 Å². The van der Waals surface area contributed by atoms with Gasteiger partial charge in [-0.25, -0.2) is 4.98 Å². The van der Waals surface area contributed by atoms with E-state index >= 15 is 0 Å². The van der Waals surface area contributed by atoms with Gasteiger partial charge in [-0.1, -0.05) is 11.6 Å². The molecule has 0 saturated heterocycles. The van der Waals surface area contributed by atoms with Crippen molar-refractivity contribution in [3.8, 4) is 5.88 Å². The van der Waals surface area contributed by atoms with Crippen LogP contribution in [-0.2, 0) is 6.54 Å². The van der Waals surface area contributed by atoms with E-state index in [1.807, 2.05) is 0 Å². The van der Waals surface area contributed by atoms with Gasteiger partial charge in [0.2, 0.25) is 5.88 Å². The molecule has 4 nitrogen and oxygen atoms in total. The van der Waals surface area contributed by atoms with Crippen molar-refractivity contribution in [3.63, 3.8) is 0 Å². The van der Waals surface area contributed by atoms with Crippen LogP contribution in [0, 0.1) is 0 Å². The Morgan fingerprint density at radius 1 is 1.59 bits per heavy atom. The summed E-state index contributed by atoms with van der Waals surface area (Å²) in [5.41, 5.74) is 6.42. The number of hydrogen-bond donors (Lipinski definition) is 1. The van der Waals surface area contributed by atoms with Crippen LogP contribution in [-0.4, -0.2) is 36.1 Å². The van der Waals surface area contributed by atoms with E-state index in [-0.39, 0.29) is 0 Å². The van der Waals surface area contributed by atoms with Gasteiger partial charge >= 0.3 is 0 Å². The van der Waals surface area contributed by atoms with E-state index in [9.17, 15) is 0 Å². The largest absolute Gasteiger partial charge is 0.475 e. The highest BCUT2D eigenvalue weighted by molar-refractivity contribution is 6.31. The van der Waals surface area contributed by atoms with Gasteiger partial charge in [-0.05, 0) is 31.5 Å². The lowest BCUT2D eigenvalue weighted by molar-refractivity contribution is 0.226. The minimum absolute atomic E-state index is 0.442. The van der Waals surface area contributed by atoms with Crippen molar-refractivity contribution < 1.29 is 4.74 Å². The molecule has 0 aromatic carbocycles. The maximum absolute atomic E-state index is 6.04. The van der Waals surface area contributed by atoms with Crippen molar-refractivity contribution in [2.75, 3.05) is 20.2 Å². The number of nitrogens with zero attached hydrogens (tertiary/aromatic N) is 2. The van der Waals surface area contributed by atoms with Gasteiger partial charge in [0.05, 0.1) is 0 Å². The quantitative estimate of drug-likeness (QED) is 0.840. The average Bonchev–Trinajstić information content (AvgIpc) is 3.15. The zero-order chi connectivity index (χ0) is 12.3. The summed E-state index contributed by atoms with van der Waals surface area (Å²) < 4.78 is 5.56. The highest BCUT2D eigenvalue weighted by Crippen LogP contribution is 2.25. The number of pyridine rings is 1. The Balaban J connectivity index is 1.81. The van der Waals surface area contributed by atoms with E-state index in [1.54, 1.807) is 12.3 Å². The monoisotopic (exact) mass is 255 g/mol. The number of rotatable bonds is 6. The summed E-state index contributed by atoms with van der Waals surface area (Å²) in [5.74, 6) is 0.494. The van der Waals surface area contributed by atoms with Crippen LogP contribution in [0.5, 0.6) is 5.88 Å². The van der Waals surface area contributed by atoms with E-state index < -0.39 is 0 Å². The van der Waals surface area contributed by atoms with Gasteiger partial charge in [-0.2, -0.15) is 0 Å². The molecule has 5 heteroatoms. The Labute approximate surface area is 107 Å². The van der Waals surface area contributed by atoms with Crippen LogP contribution in [0.4, 0.5) is 0 Å². The maximum Gasteiger partial charge on any atom is 0.232 e. The van der Waals surface area contributed by atoms with Gasteiger partial charge in [0.1, 0.15) is 11.6 Å². The van der Waals surface area contributed by atoms with Gasteiger partial charge in [0.25, 0.3) is 0 Å². The minimum atomic E-state index is 0.442. The number of halogens is 1. The number of likely N-dealkylation sites (N-methyl/N-ethyl adjacent to an activating group) is 1. The van der Waals surface area contributed by atoms with Crippen LogP contribution in [0.1, 0.15) is 18.4 Å². The molecular weight excluding hydrogens is 238 g/mol. The van der Waals surface area contributed by atoms with E-state index in [1.165, 1.54) is 12.8 Å². The molecular formula is C12H18ClN3O. The molecule has 1 aliphatic rings. The van der Waals surface area contributed by atoms with Crippen LogP contribution >= 0.6 is 11.6 Å². The zero-order valence-electron chi connectivity index (χ0n) is 10.0. The first kappa shape index (κ1) is 12.6. The van der Waals surface area contributed by atoms with E-state index in [0.717, 1.165) is 18.2 Å². The van der Waals surface area contributed by atoms with E-state index in [0.29, 0.717) is 24.1 Å². The molecule has 0 aliphatic heterocycles. The van der Waals surface area contributed by atoms with Crippen LogP contribution < -0.4 is 10.5 Å². The third kappa shape index (κ3) is 3.56. The number of nitrogens with two attached hydrogens (primary N) is 1. The lowest BCUT2D eigenvalue weighted by Crippen LogP contribution is -2.26. The molecule has 2 rings (SSSR count). The second-order valence-electron chi connectivity index (χ2n) is 4.39. The molecule has 17 heavy (non-hydrogen) atoms. The van der Waals surface area contributed by atoms with Gasteiger partial charge in [-0.3, -0.25) is 0 Å². The smallest absolute Gasteiger partial charge is 0.232 e. The number of aromatic nitrogens is 1. The predicted octanol–water partition coefficient (Wildman–Crippen LogP) is 1.67. The van der Waals surface area contributed by atoms with Crippen LogP contribution in [0.15, 0.2) is 12.3 Å². The van der Waals surface area contributed by atoms with Crippen molar-refractivity contribution in [2.24, 2.45) is 5.73 Å². The third-order valence-corrected chi connectivity index (χ3v) is 3.22. The Hall–Kier alpha value is -0.840. The Kier molecular flexibility index (Phi) is 4.20. The molecule has 1 fully saturated rings. The fraction of sp³-hybridized carbons (Fsp3) is 0.583. The van der Waals surface area contributed by atoms with Gasteiger partial charge in [-0.15, -0.1) is 0 Å². The van der Waals surface area contributed by atoms with Crippen molar-refractivity contribution in [3.05, 3.63) is 22.8 Å². The number of ether oxygens (including phenoxy) is 1. The normalized spacial score (nSPS) is 15.3. The molecule has 1 saturated carbocycles. The molecule has 0 unspecified atom stereocenters. The van der Waals surface area contributed by atoms with E-state index in [2.05, 4.69) is 16.9 Å². The molecule has 1 aromatic heterocycles. The van der Waals surface area contributed by atoms with Crippen molar-refractivity contribution in [1.82, 2.24) is 9.88 Å². The molecule has 0 bridgehead atoms. The summed E-state index contributed by atoms with van der Waals surface area (Å²) in [6.07, 6.45) is 4.31. The highest BCUT2D eigenvalue weighted by atomic mass is 35.5. The first-order valence-corrected chi connectivity index (χ1v) is 6.26.